The van der Waals surface area contributed by atoms with Crippen molar-refractivity contribution in [3.8, 4) is 0 Å². The topological polar surface area (TPSA) is 49.3 Å². The predicted octanol–water partition coefficient (Wildman–Crippen LogP) is 2.64. The van der Waals surface area contributed by atoms with Crippen molar-refractivity contribution in [2.75, 3.05) is 6.54 Å². The molecular formula is C14H20ClNO2. The van der Waals surface area contributed by atoms with Gasteiger partial charge in [-0.1, -0.05) is 43.2 Å². The summed E-state index contributed by atoms with van der Waals surface area (Å²) in [5, 5.41) is 12.8. The van der Waals surface area contributed by atoms with Gasteiger partial charge in [0.2, 0.25) is 0 Å². The molecule has 0 saturated carbocycles. The minimum atomic E-state index is -0.766. The lowest BCUT2D eigenvalue weighted by Gasteiger charge is -2.29. The molecule has 3 nitrogen and oxygen atoms in total. The van der Waals surface area contributed by atoms with Gasteiger partial charge < -0.3 is 10.4 Å². The maximum atomic E-state index is 11.6. The van der Waals surface area contributed by atoms with Crippen LogP contribution in [0, 0.1) is 0 Å². The number of hydrogen-bond acceptors (Lipinski definition) is 2. The molecule has 18 heavy (non-hydrogen) atoms. The predicted molar refractivity (Wildman–Crippen MR) is 74.2 cm³/mol. The number of carboxylic acid groups (broad SMARTS) is 1. The summed E-state index contributed by atoms with van der Waals surface area (Å²) in [5.41, 5.74) is 0.321. The molecule has 1 heterocycles. The number of benzene rings is 1. The van der Waals surface area contributed by atoms with Crippen molar-refractivity contribution in [2.24, 2.45) is 0 Å². The molecule has 0 amide bonds. The Hall–Kier alpha value is -1.06. The molecule has 4 heteroatoms. The first-order valence-electron chi connectivity index (χ1n) is 6.25. The van der Waals surface area contributed by atoms with Crippen molar-refractivity contribution in [2.45, 2.75) is 37.6 Å². The number of hydrogen-bond donors (Lipinski definition) is 2. The Morgan fingerprint density at radius 1 is 1.22 bits per heavy atom. The fourth-order valence-electron chi connectivity index (χ4n) is 2.50. The van der Waals surface area contributed by atoms with E-state index in [1.807, 2.05) is 30.3 Å². The first-order chi connectivity index (χ1) is 8.23. The Bertz CT molecular complexity index is 373. The summed E-state index contributed by atoms with van der Waals surface area (Å²) in [6.07, 6.45) is 4.48. The van der Waals surface area contributed by atoms with Crippen molar-refractivity contribution < 1.29 is 9.90 Å². The number of aliphatic carboxylic acids is 1. The van der Waals surface area contributed by atoms with E-state index in [0.29, 0.717) is 6.42 Å². The van der Waals surface area contributed by atoms with E-state index >= 15 is 0 Å². The number of carboxylic acids is 1. The molecule has 1 aromatic rings. The van der Waals surface area contributed by atoms with Crippen LogP contribution in [0.2, 0.25) is 0 Å². The molecular weight excluding hydrogens is 250 g/mol. The highest BCUT2D eigenvalue weighted by Gasteiger charge is 2.38. The Kier molecular flexibility index (Phi) is 5.63. The highest BCUT2D eigenvalue weighted by molar-refractivity contribution is 5.85. The molecule has 1 aromatic carbocycles. The molecule has 100 valence electrons. The number of rotatable bonds is 3. The molecule has 2 N–H and O–H groups in total. The van der Waals surface area contributed by atoms with Gasteiger partial charge in [0.05, 0.1) is 0 Å². The second kappa shape index (κ2) is 6.76. The van der Waals surface area contributed by atoms with Crippen LogP contribution in [0.3, 0.4) is 0 Å². The lowest BCUT2D eigenvalue weighted by Crippen LogP contribution is -2.53. The summed E-state index contributed by atoms with van der Waals surface area (Å²) >= 11 is 0. The number of carbonyl (C=O) groups is 1. The van der Waals surface area contributed by atoms with Crippen LogP contribution in [0.4, 0.5) is 0 Å². The Labute approximate surface area is 114 Å². The van der Waals surface area contributed by atoms with Gasteiger partial charge in [-0.05, 0) is 24.9 Å². The van der Waals surface area contributed by atoms with E-state index in [1.54, 1.807) is 0 Å². The molecule has 0 aliphatic carbocycles. The van der Waals surface area contributed by atoms with Crippen molar-refractivity contribution in [3.63, 3.8) is 0 Å². The summed E-state index contributed by atoms with van der Waals surface area (Å²) in [6.45, 7) is 0.805. The average Bonchev–Trinajstić information content (AvgIpc) is 2.57. The van der Waals surface area contributed by atoms with E-state index in [2.05, 4.69) is 5.32 Å². The molecule has 1 unspecified atom stereocenters. The second-order valence-electron chi connectivity index (χ2n) is 4.79. The Morgan fingerprint density at radius 3 is 2.61 bits per heavy atom. The van der Waals surface area contributed by atoms with Crippen LogP contribution >= 0.6 is 12.4 Å². The summed E-state index contributed by atoms with van der Waals surface area (Å²) < 4.78 is 0. The Morgan fingerprint density at radius 2 is 1.94 bits per heavy atom. The second-order valence-corrected chi connectivity index (χ2v) is 4.79. The van der Waals surface area contributed by atoms with Crippen LogP contribution in [-0.2, 0) is 11.2 Å². The van der Waals surface area contributed by atoms with Crippen molar-refractivity contribution in [1.82, 2.24) is 5.32 Å². The lowest BCUT2D eigenvalue weighted by molar-refractivity contribution is -0.145. The van der Waals surface area contributed by atoms with Gasteiger partial charge in [0.15, 0.2) is 0 Å². The van der Waals surface area contributed by atoms with E-state index in [0.717, 1.165) is 37.8 Å². The van der Waals surface area contributed by atoms with Crippen LogP contribution in [0.1, 0.15) is 31.2 Å². The highest BCUT2D eigenvalue weighted by atomic mass is 35.5. The third kappa shape index (κ3) is 3.47. The lowest BCUT2D eigenvalue weighted by atomic mass is 9.86. The quantitative estimate of drug-likeness (QED) is 0.887. The van der Waals surface area contributed by atoms with Gasteiger partial charge in [-0.25, -0.2) is 0 Å². The third-order valence-corrected chi connectivity index (χ3v) is 3.50. The first kappa shape index (κ1) is 15.0. The SMILES string of the molecule is Cl.O=C(O)C1(Cc2ccccc2)CCCCCN1. The molecule has 1 atom stereocenters. The van der Waals surface area contributed by atoms with Crippen molar-refractivity contribution in [3.05, 3.63) is 35.9 Å². The van der Waals surface area contributed by atoms with Crippen LogP contribution in [0.5, 0.6) is 0 Å². The standard InChI is InChI=1S/C14H19NO2.ClH/c16-13(17)14(9-5-2-6-10-15-14)11-12-7-3-1-4-8-12;/h1,3-4,7-8,15H,2,5-6,9-11H2,(H,16,17);1H. The monoisotopic (exact) mass is 269 g/mol. The fourth-order valence-corrected chi connectivity index (χ4v) is 2.50. The van der Waals surface area contributed by atoms with Gasteiger partial charge in [0.25, 0.3) is 0 Å². The summed E-state index contributed by atoms with van der Waals surface area (Å²) in [4.78, 5) is 11.6. The van der Waals surface area contributed by atoms with Gasteiger partial charge >= 0.3 is 5.97 Å². The summed E-state index contributed by atoms with van der Waals surface area (Å²) in [5.74, 6) is -0.719. The largest absolute Gasteiger partial charge is 0.480 e. The van der Waals surface area contributed by atoms with Gasteiger partial charge in [-0.15, -0.1) is 12.4 Å². The smallest absolute Gasteiger partial charge is 0.324 e. The average molecular weight is 270 g/mol. The van der Waals surface area contributed by atoms with Gasteiger partial charge in [-0.2, -0.15) is 0 Å². The maximum Gasteiger partial charge on any atom is 0.324 e. The minimum Gasteiger partial charge on any atom is -0.480 e. The van der Waals surface area contributed by atoms with E-state index in [4.69, 9.17) is 0 Å². The zero-order chi connectivity index (χ0) is 12.1. The van der Waals surface area contributed by atoms with Gasteiger partial charge in [-0.3, -0.25) is 4.79 Å². The summed E-state index contributed by atoms with van der Waals surface area (Å²) in [7, 11) is 0. The van der Waals surface area contributed by atoms with Crippen LogP contribution in [0.15, 0.2) is 30.3 Å². The van der Waals surface area contributed by atoms with Crippen molar-refractivity contribution in [1.29, 1.82) is 0 Å². The molecule has 1 saturated heterocycles. The number of nitrogens with one attached hydrogen (secondary N) is 1. The molecule has 1 aliphatic heterocycles. The minimum absolute atomic E-state index is 0. The summed E-state index contributed by atoms with van der Waals surface area (Å²) in [6, 6.07) is 9.87. The number of halogens is 1. The molecule has 0 aromatic heterocycles. The normalized spacial score (nSPS) is 23.8. The van der Waals surface area contributed by atoms with Crippen LogP contribution < -0.4 is 5.32 Å². The highest BCUT2D eigenvalue weighted by Crippen LogP contribution is 2.24. The van der Waals surface area contributed by atoms with Crippen LogP contribution in [-0.4, -0.2) is 23.2 Å². The van der Waals surface area contributed by atoms with Gasteiger partial charge in [0, 0.05) is 6.42 Å². The van der Waals surface area contributed by atoms with Gasteiger partial charge in [0.1, 0.15) is 5.54 Å². The van der Waals surface area contributed by atoms with Crippen LogP contribution in [0.25, 0.3) is 0 Å². The third-order valence-electron chi connectivity index (χ3n) is 3.50. The molecule has 2 rings (SSSR count). The zero-order valence-corrected chi connectivity index (χ0v) is 11.2. The van der Waals surface area contributed by atoms with E-state index in [-0.39, 0.29) is 12.4 Å². The molecule has 0 bridgehead atoms. The molecule has 0 spiro atoms. The van der Waals surface area contributed by atoms with E-state index < -0.39 is 11.5 Å². The zero-order valence-electron chi connectivity index (χ0n) is 10.4. The van der Waals surface area contributed by atoms with E-state index in [1.165, 1.54) is 0 Å². The van der Waals surface area contributed by atoms with E-state index in [9.17, 15) is 9.90 Å². The maximum absolute atomic E-state index is 11.6. The fraction of sp³-hybridized carbons (Fsp3) is 0.500. The molecule has 0 radical (unpaired) electrons. The van der Waals surface area contributed by atoms with Crippen molar-refractivity contribution >= 4 is 18.4 Å². The Balaban J connectivity index is 0.00000162. The molecule has 1 aliphatic rings. The first-order valence-corrected chi connectivity index (χ1v) is 6.25. The molecule has 1 fully saturated rings.